The maximum atomic E-state index is 13.7. The number of benzene rings is 1. The van der Waals surface area contributed by atoms with Gasteiger partial charge in [0.15, 0.2) is 0 Å². The zero-order chi connectivity index (χ0) is 13.0. The number of halogens is 1. The van der Waals surface area contributed by atoms with E-state index in [1.54, 1.807) is 24.7 Å². The normalized spacial score (nSPS) is 10.9. The molecule has 0 aliphatic heterocycles. The van der Waals surface area contributed by atoms with Gasteiger partial charge in [0.2, 0.25) is 0 Å². The molecule has 0 spiro atoms. The van der Waals surface area contributed by atoms with Gasteiger partial charge < -0.3 is 5.32 Å². The molecule has 18 heavy (non-hydrogen) atoms. The van der Waals surface area contributed by atoms with Gasteiger partial charge in [0.05, 0.1) is 11.9 Å². The van der Waals surface area contributed by atoms with Crippen LogP contribution in [0.2, 0.25) is 0 Å². The Bertz CT molecular complexity index is 512. The second kappa shape index (κ2) is 5.69. The Morgan fingerprint density at radius 2 is 2.11 bits per heavy atom. The van der Waals surface area contributed by atoms with Crippen LogP contribution in [-0.2, 0) is 6.54 Å². The molecule has 4 heteroatoms. The summed E-state index contributed by atoms with van der Waals surface area (Å²) in [6.45, 7) is 4.58. The molecule has 0 radical (unpaired) electrons. The van der Waals surface area contributed by atoms with Crippen molar-refractivity contribution >= 4 is 0 Å². The van der Waals surface area contributed by atoms with E-state index in [0.29, 0.717) is 18.2 Å². The number of nitrogens with zero attached hydrogens (tertiary/aromatic N) is 2. The van der Waals surface area contributed by atoms with Crippen LogP contribution in [-0.4, -0.2) is 16.0 Å². The van der Waals surface area contributed by atoms with Crippen LogP contribution in [0.15, 0.2) is 36.8 Å². The first kappa shape index (κ1) is 12.6. The largest absolute Gasteiger partial charge is 0.310 e. The molecule has 3 nitrogen and oxygen atoms in total. The van der Waals surface area contributed by atoms with Crippen LogP contribution in [0.3, 0.4) is 0 Å². The van der Waals surface area contributed by atoms with Gasteiger partial charge in [-0.2, -0.15) is 0 Å². The van der Waals surface area contributed by atoms with Crippen LogP contribution in [0.5, 0.6) is 0 Å². The van der Waals surface area contributed by atoms with E-state index in [-0.39, 0.29) is 5.82 Å². The van der Waals surface area contributed by atoms with Crippen LogP contribution < -0.4 is 5.32 Å². The van der Waals surface area contributed by atoms with Crippen molar-refractivity contribution in [1.29, 1.82) is 0 Å². The average molecular weight is 245 g/mol. The van der Waals surface area contributed by atoms with Crippen LogP contribution in [0.1, 0.15) is 19.4 Å². The number of nitrogens with one attached hydrogen (secondary N) is 1. The number of aromatic nitrogens is 2. The van der Waals surface area contributed by atoms with Crippen molar-refractivity contribution in [3.8, 4) is 11.3 Å². The molecule has 0 aliphatic rings. The third kappa shape index (κ3) is 3.11. The minimum absolute atomic E-state index is 0.198. The fourth-order valence-corrected chi connectivity index (χ4v) is 1.63. The van der Waals surface area contributed by atoms with Gasteiger partial charge in [0.1, 0.15) is 5.82 Å². The fraction of sp³-hybridized carbons (Fsp3) is 0.286. The Morgan fingerprint density at radius 1 is 1.28 bits per heavy atom. The van der Waals surface area contributed by atoms with Crippen molar-refractivity contribution in [2.45, 2.75) is 26.4 Å². The highest BCUT2D eigenvalue weighted by molar-refractivity contribution is 5.58. The second-order valence-electron chi connectivity index (χ2n) is 4.43. The van der Waals surface area contributed by atoms with Gasteiger partial charge in [-0.15, -0.1) is 0 Å². The number of hydrogen-bond donors (Lipinski definition) is 1. The summed E-state index contributed by atoms with van der Waals surface area (Å²) in [7, 11) is 0. The van der Waals surface area contributed by atoms with E-state index < -0.39 is 0 Å². The lowest BCUT2D eigenvalue weighted by Gasteiger charge is -2.10. The summed E-state index contributed by atoms with van der Waals surface area (Å²) >= 11 is 0. The van der Waals surface area contributed by atoms with Gasteiger partial charge in [-0.1, -0.05) is 13.8 Å². The van der Waals surface area contributed by atoms with Crippen molar-refractivity contribution in [2.24, 2.45) is 0 Å². The van der Waals surface area contributed by atoms with Gasteiger partial charge in [-0.05, 0) is 18.2 Å². The quantitative estimate of drug-likeness (QED) is 0.900. The smallest absolute Gasteiger partial charge is 0.127 e. The maximum absolute atomic E-state index is 13.7. The summed E-state index contributed by atoms with van der Waals surface area (Å²) in [5, 5.41) is 3.21. The molecule has 0 aliphatic carbocycles. The van der Waals surface area contributed by atoms with Crippen LogP contribution >= 0.6 is 0 Å². The van der Waals surface area contributed by atoms with Gasteiger partial charge in [-0.3, -0.25) is 9.97 Å². The summed E-state index contributed by atoms with van der Waals surface area (Å²) in [6.07, 6.45) is 4.92. The van der Waals surface area contributed by atoms with Gasteiger partial charge in [0.25, 0.3) is 0 Å². The predicted octanol–water partition coefficient (Wildman–Crippen LogP) is 2.78. The molecule has 1 aromatic carbocycles. The molecule has 0 bridgehead atoms. The SMILES string of the molecule is CC(C)NCc1cc(-c2cnccn2)ccc1F. The first-order valence-corrected chi connectivity index (χ1v) is 5.95. The van der Waals surface area contributed by atoms with E-state index in [1.807, 2.05) is 19.9 Å². The highest BCUT2D eigenvalue weighted by Gasteiger charge is 2.06. The summed E-state index contributed by atoms with van der Waals surface area (Å²) in [5.41, 5.74) is 2.28. The topological polar surface area (TPSA) is 37.8 Å². The third-order valence-electron chi connectivity index (χ3n) is 2.61. The number of rotatable bonds is 4. The van der Waals surface area contributed by atoms with Crippen molar-refractivity contribution in [1.82, 2.24) is 15.3 Å². The average Bonchev–Trinajstić information content (AvgIpc) is 2.38. The molecule has 0 amide bonds. The summed E-state index contributed by atoms with van der Waals surface area (Å²) in [6, 6.07) is 5.33. The maximum Gasteiger partial charge on any atom is 0.127 e. The molecule has 0 saturated carbocycles. The molecular weight excluding hydrogens is 229 g/mol. The van der Waals surface area contributed by atoms with Crippen molar-refractivity contribution in [2.75, 3.05) is 0 Å². The van der Waals surface area contributed by atoms with E-state index in [2.05, 4.69) is 15.3 Å². The van der Waals surface area contributed by atoms with E-state index in [4.69, 9.17) is 0 Å². The fourth-order valence-electron chi connectivity index (χ4n) is 1.63. The molecular formula is C14H16FN3. The van der Waals surface area contributed by atoms with Crippen LogP contribution in [0.25, 0.3) is 11.3 Å². The minimum Gasteiger partial charge on any atom is -0.310 e. The Morgan fingerprint density at radius 3 is 2.78 bits per heavy atom. The molecule has 0 atom stereocenters. The zero-order valence-electron chi connectivity index (χ0n) is 10.5. The monoisotopic (exact) mass is 245 g/mol. The summed E-state index contributed by atoms with van der Waals surface area (Å²) < 4.78 is 13.7. The first-order valence-electron chi connectivity index (χ1n) is 5.95. The molecule has 94 valence electrons. The van der Waals surface area contributed by atoms with E-state index in [9.17, 15) is 4.39 Å². The lowest BCUT2D eigenvalue weighted by molar-refractivity contribution is 0.553. The van der Waals surface area contributed by atoms with Crippen molar-refractivity contribution < 1.29 is 4.39 Å². The molecule has 0 fully saturated rings. The molecule has 1 N–H and O–H groups in total. The Hall–Kier alpha value is -1.81. The molecule has 2 rings (SSSR count). The standard InChI is InChI=1S/C14H16FN3/c1-10(2)18-8-12-7-11(3-4-13(12)15)14-9-16-5-6-17-14/h3-7,9-10,18H,8H2,1-2H3. The first-order chi connectivity index (χ1) is 8.66. The molecule has 0 saturated heterocycles. The third-order valence-corrected chi connectivity index (χ3v) is 2.61. The van der Waals surface area contributed by atoms with E-state index in [0.717, 1.165) is 11.3 Å². The Balaban J connectivity index is 2.26. The number of hydrogen-bond acceptors (Lipinski definition) is 3. The summed E-state index contributed by atoms with van der Waals surface area (Å²) in [5.74, 6) is -0.198. The second-order valence-corrected chi connectivity index (χ2v) is 4.43. The van der Waals surface area contributed by atoms with Crippen molar-refractivity contribution in [3.05, 3.63) is 48.2 Å². The van der Waals surface area contributed by atoms with Crippen LogP contribution in [0.4, 0.5) is 4.39 Å². The minimum atomic E-state index is -0.198. The lowest BCUT2D eigenvalue weighted by Crippen LogP contribution is -2.22. The lowest BCUT2D eigenvalue weighted by atomic mass is 10.1. The van der Waals surface area contributed by atoms with E-state index in [1.165, 1.54) is 6.07 Å². The van der Waals surface area contributed by atoms with Crippen LogP contribution in [0, 0.1) is 5.82 Å². The molecule has 1 aromatic heterocycles. The molecule has 0 unspecified atom stereocenters. The highest BCUT2D eigenvalue weighted by atomic mass is 19.1. The van der Waals surface area contributed by atoms with Crippen molar-refractivity contribution in [3.63, 3.8) is 0 Å². The Kier molecular flexibility index (Phi) is 3.99. The molecule has 2 aromatic rings. The van der Waals surface area contributed by atoms with Gasteiger partial charge >= 0.3 is 0 Å². The van der Waals surface area contributed by atoms with Gasteiger partial charge in [-0.25, -0.2) is 4.39 Å². The summed E-state index contributed by atoms with van der Waals surface area (Å²) in [4.78, 5) is 8.23. The zero-order valence-corrected chi connectivity index (χ0v) is 10.5. The molecule has 1 heterocycles. The predicted molar refractivity (Wildman–Crippen MR) is 69.4 cm³/mol. The van der Waals surface area contributed by atoms with E-state index >= 15 is 0 Å². The van der Waals surface area contributed by atoms with Gasteiger partial charge in [0, 0.05) is 36.1 Å². The Labute approximate surface area is 106 Å². The highest BCUT2D eigenvalue weighted by Crippen LogP contribution is 2.19.